The zero-order valence-electron chi connectivity index (χ0n) is 12.1. The Morgan fingerprint density at radius 1 is 0.800 bits per heavy atom. The lowest BCUT2D eigenvalue weighted by atomic mass is 10.2. The van der Waals surface area contributed by atoms with Gasteiger partial charge in [0.1, 0.15) is 11.3 Å². The second kappa shape index (κ2) is 7.10. The number of fused-ring (bicyclic) bond motifs is 1. The van der Waals surface area contributed by atoms with Crippen molar-refractivity contribution in [3.63, 3.8) is 0 Å². The number of furan rings is 1. The van der Waals surface area contributed by atoms with Crippen LogP contribution in [-0.4, -0.2) is 15.0 Å². The molecule has 0 spiro atoms. The standard InChI is InChI=1S/C15H7Cl6N3O/c16-14(17,18)12-22-11(23-13(24-12)15(19,20)21)6-5-9-7-8-3-1-2-4-10(8)25-9/h1-7H. The topological polar surface area (TPSA) is 51.8 Å². The van der Waals surface area contributed by atoms with E-state index in [4.69, 9.17) is 74.0 Å². The molecule has 4 nitrogen and oxygen atoms in total. The first-order valence-electron chi connectivity index (χ1n) is 6.70. The van der Waals surface area contributed by atoms with Crippen LogP contribution < -0.4 is 0 Å². The first-order valence-corrected chi connectivity index (χ1v) is 8.97. The maximum absolute atomic E-state index is 5.83. The predicted molar refractivity (Wildman–Crippen MR) is 103 cm³/mol. The van der Waals surface area contributed by atoms with E-state index in [0.29, 0.717) is 5.76 Å². The second-order valence-electron chi connectivity index (χ2n) is 4.86. The maximum atomic E-state index is 5.83. The van der Waals surface area contributed by atoms with Crippen molar-refractivity contribution in [2.24, 2.45) is 0 Å². The summed E-state index contributed by atoms with van der Waals surface area (Å²) in [7, 11) is 0. The fraction of sp³-hybridized carbons (Fsp3) is 0.133. The minimum Gasteiger partial charge on any atom is -0.457 e. The number of alkyl halides is 6. The molecule has 0 bridgehead atoms. The molecular weight excluding hydrogens is 451 g/mol. The monoisotopic (exact) mass is 455 g/mol. The van der Waals surface area contributed by atoms with E-state index in [-0.39, 0.29) is 17.5 Å². The minimum absolute atomic E-state index is 0.151. The Balaban J connectivity index is 2.00. The van der Waals surface area contributed by atoms with Crippen molar-refractivity contribution < 1.29 is 4.42 Å². The summed E-state index contributed by atoms with van der Waals surface area (Å²) < 4.78 is 1.88. The molecule has 0 unspecified atom stereocenters. The van der Waals surface area contributed by atoms with Gasteiger partial charge in [-0.2, -0.15) is 0 Å². The Morgan fingerprint density at radius 3 is 1.96 bits per heavy atom. The van der Waals surface area contributed by atoms with Crippen LogP contribution >= 0.6 is 69.6 Å². The zero-order valence-corrected chi connectivity index (χ0v) is 16.6. The van der Waals surface area contributed by atoms with E-state index in [1.54, 1.807) is 12.2 Å². The van der Waals surface area contributed by atoms with Crippen LogP contribution in [0.15, 0.2) is 34.7 Å². The van der Waals surface area contributed by atoms with Gasteiger partial charge in [0.2, 0.25) is 7.59 Å². The third-order valence-electron chi connectivity index (χ3n) is 3.00. The molecule has 3 rings (SSSR count). The van der Waals surface area contributed by atoms with E-state index < -0.39 is 7.59 Å². The summed E-state index contributed by atoms with van der Waals surface area (Å²) in [5.74, 6) is 0.432. The second-order valence-corrected chi connectivity index (χ2v) is 9.42. The summed E-state index contributed by atoms with van der Waals surface area (Å²) in [5.41, 5.74) is 0.752. The van der Waals surface area contributed by atoms with Gasteiger partial charge in [0.25, 0.3) is 0 Å². The van der Waals surface area contributed by atoms with Crippen molar-refractivity contribution in [2.75, 3.05) is 0 Å². The van der Waals surface area contributed by atoms with Crippen molar-refractivity contribution in [1.82, 2.24) is 15.0 Å². The SMILES string of the molecule is ClC(Cl)(Cl)c1nc(C=Cc2cc3ccccc3o2)nc(C(Cl)(Cl)Cl)n1. The van der Waals surface area contributed by atoms with Gasteiger partial charge in [-0.25, -0.2) is 15.0 Å². The fourth-order valence-corrected chi connectivity index (χ4v) is 2.47. The Hall–Kier alpha value is -0.750. The average Bonchev–Trinajstić information content (AvgIpc) is 2.94. The molecule has 2 aromatic heterocycles. The molecule has 25 heavy (non-hydrogen) atoms. The highest BCUT2D eigenvalue weighted by molar-refractivity contribution is 6.67. The van der Waals surface area contributed by atoms with Crippen LogP contribution in [0, 0.1) is 0 Å². The lowest BCUT2D eigenvalue weighted by Gasteiger charge is -2.14. The van der Waals surface area contributed by atoms with Crippen LogP contribution in [0.1, 0.15) is 23.2 Å². The number of hydrogen-bond donors (Lipinski definition) is 0. The summed E-state index contributed by atoms with van der Waals surface area (Å²) in [4.78, 5) is 12.0. The smallest absolute Gasteiger partial charge is 0.250 e. The van der Waals surface area contributed by atoms with Crippen LogP contribution in [-0.2, 0) is 7.59 Å². The van der Waals surface area contributed by atoms with Gasteiger partial charge in [-0.1, -0.05) is 87.8 Å². The molecule has 0 atom stereocenters. The lowest BCUT2D eigenvalue weighted by molar-refractivity contribution is 0.604. The number of nitrogens with zero attached hydrogens (tertiary/aromatic N) is 3. The number of halogens is 6. The van der Waals surface area contributed by atoms with Crippen molar-refractivity contribution in [1.29, 1.82) is 0 Å². The van der Waals surface area contributed by atoms with E-state index in [2.05, 4.69) is 15.0 Å². The molecule has 0 aliphatic carbocycles. The van der Waals surface area contributed by atoms with E-state index >= 15 is 0 Å². The predicted octanol–water partition coefficient (Wildman–Crippen LogP) is 6.44. The van der Waals surface area contributed by atoms with Crippen LogP contribution in [0.2, 0.25) is 0 Å². The highest BCUT2D eigenvalue weighted by Crippen LogP contribution is 2.40. The van der Waals surface area contributed by atoms with Gasteiger partial charge in [-0.15, -0.1) is 0 Å². The minimum atomic E-state index is -1.89. The van der Waals surface area contributed by atoms with Crippen LogP contribution in [0.3, 0.4) is 0 Å². The van der Waals surface area contributed by atoms with Crippen LogP contribution in [0.4, 0.5) is 0 Å². The Morgan fingerprint density at radius 2 is 1.40 bits per heavy atom. The van der Waals surface area contributed by atoms with Gasteiger partial charge in [0, 0.05) is 5.39 Å². The van der Waals surface area contributed by atoms with Crippen LogP contribution in [0.5, 0.6) is 0 Å². The molecule has 2 heterocycles. The lowest BCUT2D eigenvalue weighted by Crippen LogP contribution is -2.16. The maximum Gasteiger partial charge on any atom is 0.250 e. The van der Waals surface area contributed by atoms with Gasteiger partial charge in [0.05, 0.1) is 0 Å². The molecule has 0 fully saturated rings. The van der Waals surface area contributed by atoms with Gasteiger partial charge in [-0.3, -0.25) is 0 Å². The van der Waals surface area contributed by atoms with Gasteiger partial charge in [0.15, 0.2) is 17.5 Å². The largest absolute Gasteiger partial charge is 0.457 e. The Kier molecular flexibility index (Phi) is 5.41. The van der Waals surface area contributed by atoms with E-state index in [0.717, 1.165) is 11.0 Å². The fourth-order valence-electron chi connectivity index (χ4n) is 1.96. The highest BCUT2D eigenvalue weighted by Gasteiger charge is 2.33. The average molecular weight is 458 g/mol. The summed E-state index contributed by atoms with van der Waals surface area (Å²) in [6.07, 6.45) is 3.19. The van der Waals surface area contributed by atoms with Crippen molar-refractivity contribution >= 4 is 92.7 Å². The molecule has 0 saturated heterocycles. The van der Waals surface area contributed by atoms with Crippen LogP contribution in [0.25, 0.3) is 23.1 Å². The molecule has 0 N–H and O–H groups in total. The molecule has 0 aliphatic rings. The van der Waals surface area contributed by atoms with Gasteiger partial charge in [-0.05, 0) is 24.3 Å². The molecule has 0 saturated carbocycles. The summed E-state index contributed by atoms with van der Waals surface area (Å²) in [5, 5.41) is 0.960. The molecule has 3 aromatic rings. The van der Waals surface area contributed by atoms with Gasteiger partial charge < -0.3 is 4.42 Å². The molecule has 1 aromatic carbocycles. The van der Waals surface area contributed by atoms with Crippen molar-refractivity contribution in [3.8, 4) is 0 Å². The van der Waals surface area contributed by atoms with Gasteiger partial charge >= 0.3 is 0 Å². The van der Waals surface area contributed by atoms with Crippen molar-refractivity contribution in [2.45, 2.75) is 7.59 Å². The summed E-state index contributed by atoms with van der Waals surface area (Å²) in [6, 6.07) is 9.45. The normalized spacial score (nSPS) is 13.0. The number of aromatic nitrogens is 3. The highest BCUT2D eigenvalue weighted by atomic mass is 35.6. The molecule has 10 heteroatoms. The summed E-state index contributed by atoms with van der Waals surface area (Å²) >= 11 is 35.0. The quantitative estimate of drug-likeness (QED) is 0.415. The molecule has 0 aliphatic heterocycles. The number of rotatable bonds is 2. The number of benzene rings is 1. The molecule has 130 valence electrons. The number of para-hydroxylation sites is 1. The van der Waals surface area contributed by atoms with E-state index in [9.17, 15) is 0 Å². The first-order chi connectivity index (χ1) is 11.6. The molecule has 0 amide bonds. The van der Waals surface area contributed by atoms with E-state index in [1.165, 1.54) is 0 Å². The molecule has 0 radical (unpaired) electrons. The van der Waals surface area contributed by atoms with Crippen molar-refractivity contribution in [3.05, 3.63) is 53.6 Å². The third kappa shape index (κ3) is 4.70. The molecular formula is C15H7Cl6N3O. The third-order valence-corrected chi connectivity index (χ3v) is 4.02. The Labute approximate surface area is 172 Å². The number of hydrogen-bond acceptors (Lipinski definition) is 4. The first kappa shape index (κ1) is 19.0. The Bertz CT molecular complexity index is 877. The summed E-state index contributed by atoms with van der Waals surface area (Å²) in [6.45, 7) is 0. The zero-order chi connectivity index (χ0) is 18.2. The van der Waals surface area contributed by atoms with E-state index in [1.807, 2.05) is 30.3 Å².